The van der Waals surface area contributed by atoms with Gasteiger partial charge in [0.15, 0.2) is 11.5 Å². The molecule has 4 rings (SSSR count). The molecule has 0 aliphatic carbocycles. The molecule has 0 fully saturated rings. The van der Waals surface area contributed by atoms with Gasteiger partial charge < -0.3 is 5.32 Å². The minimum Gasteiger partial charge on any atom is -0.375 e. The minimum absolute atomic E-state index is 0.208. The fraction of sp³-hybridized carbons (Fsp3) is 0.143. The molecule has 1 aliphatic rings. The Kier molecular flexibility index (Phi) is 1.91. The standard InChI is InChI=1S/C14H12N4/c1-2-6-11-10(5-1)9-12(15-11)14-17-16-13-7-3-4-8-18(13)14/h1-8,12,15H,9H2. The van der Waals surface area contributed by atoms with E-state index in [2.05, 4.69) is 39.8 Å². The summed E-state index contributed by atoms with van der Waals surface area (Å²) in [5, 5.41) is 12.0. The number of aromatic nitrogens is 3. The van der Waals surface area contributed by atoms with Gasteiger partial charge >= 0.3 is 0 Å². The number of nitrogens with zero attached hydrogens (tertiary/aromatic N) is 3. The molecular formula is C14H12N4. The zero-order valence-corrected chi connectivity index (χ0v) is 9.74. The Hall–Kier alpha value is -2.36. The number of benzene rings is 1. The summed E-state index contributed by atoms with van der Waals surface area (Å²) in [6.07, 6.45) is 2.97. The van der Waals surface area contributed by atoms with Gasteiger partial charge in [0, 0.05) is 18.3 Å². The first kappa shape index (κ1) is 9.65. The first-order valence-corrected chi connectivity index (χ1v) is 6.06. The summed E-state index contributed by atoms with van der Waals surface area (Å²) in [5.74, 6) is 0.974. The molecule has 0 saturated carbocycles. The van der Waals surface area contributed by atoms with Crippen LogP contribution in [0, 0.1) is 0 Å². The molecule has 0 spiro atoms. The molecule has 1 N–H and O–H groups in total. The maximum absolute atomic E-state index is 4.31. The van der Waals surface area contributed by atoms with Crippen LogP contribution >= 0.6 is 0 Å². The van der Waals surface area contributed by atoms with Crippen LogP contribution in [0.4, 0.5) is 5.69 Å². The Labute approximate surface area is 104 Å². The van der Waals surface area contributed by atoms with E-state index in [0.29, 0.717) is 0 Å². The van der Waals surface area contributed by atoms with Crippen molar-refractivity contribution in [3.63, 3.8) is 0 Å². The normalized spacial score (nSPS) is 17.7. The van der Waals surface area contributed by atoms with E-state index >= 15 is 0 Å². The number of para-hydroxylation sites is 1. The largest absolute Gasteiger partial charge is 0.375 e. The van der Waals surface area contributed by atoms with Crippen LogP contribution in [0.1, 0.15) is 17.4 Å². The summed E-state index contributed by atoms with van der Waals surface area (Å²) < 4.78 is 2.05. The zero-order valence-electron chi connectivity index (χ0n) is 9.74. The molecule has 1 aliphatic heterocycles. The van der Waals surface area contributed by atoms with Gasteiger partial charge in [-0.05, 0) is 23.8 Å². The van der Waals surface area contributed by atoms with Crippen molar-refractivity contribution in [2.75, 3.05) is 5.32 Å². The van der Waals surface area contributed by atoms with Gasteiger partial charge in [-0.1, -0.05) is 24.3 Å². The zero-order chi connectivity index (χ0) is 11.9. The molecule has 0 amide bonds. The van der Waals surface area contributed by atoms with E-state index in [1.807, 2.05) is 28.8 Å². The summed E-state index contributed by atoms with van der Waals surface area (Å²) in [5.41, 5.74) is 3.44. The lowest BCUT2D eigenvalue weighted by Crippen LogP contribution is -2.10. The fourth-order valence-corrected chi connectivity index (χ4v) is 2.55. The third-order valence-electron chi connectivity index (χ3n) is 3.42. The molecule has 4 nitrogen and oxygen atoms in total. The SMILES string of the molecule is c1ccc2c(c1)CC(c1nnc3ccccn13)N2. The molecule has 4 heteroatoms. The number of fused-ring (bicyclic) bond motifs is 2. The average molecular weight is 236 g/mol. The summed E-state index contributed by atoms with van der Waals surface area (Å²) in [7, 11) is 0. The molecule has 2 aromatic heterocycles. The monoisotopic (exact) mass is 236 g/mol. The van der Waals surface area contributed by atoms with Crippen molar-refractivity contribution >= 4 is 11.3 Å². The Bertz CT molecular complexity index is 691. The highest BCUT2D eigenvalue weighted by Gasteiger charge is 2.25. The van der Waals surface area contributed by atoms with Crippen molar-refractivity contribution in [2.45, 2.75) is 12.5 Å². The summed E-state index contributed by atoms with van der Waals surface area (Å²) in [6.45, 7) is 0. The van der Waals surface area contributed by atoms with Crippen molar-refractivity contribution in [3.05, 3.63) is 60.0 Å². The lowest BCUT2D eigenvalue weighted by molar-refractivity contribution is 0.734. The second-order valence-corrected chi connectivity index (χ2v) is 4.55. The molecule has 0 radical (unpaired) electrons. The van der Waals surface area contributed by atoms with Crippen LogP contribution in [-0.4, -0.2) is 14.6 Å². The molecule has 3 heterocycles. The van der Waals surface area contributed by atoms with E-state index < -0.39 is 0 Å². The smallest absolute Gasteiger partial charge is 0.160 e. The van der Waals surface area contributed by atoms with E-state index in [9.17, 15) is 0 Å². The van der Waals surface area contributed by atoms with E-state index in [1.165, 1.54) is 11.3 Å². The van der Waals surface area contributed by atoms with Gasteiger partial charge in [-0.15, -0.1) is 10.2 Å². The number of anilines is 1. The Morgan fingerprint density at radius 1 is 1.06 bits per heavy atom. The lowest BCUT2D eigenvalue weighted by atomic mass is 10.1. The molecule has 1 aromatic carbocycles. The van der Waals surface area contributed by atoms with Gasteiger partial charge in [-0.3, -0.25) is 4.40 Å². The van der Waals surface area contributed by atoms with Gasteiger partial charge in [0.2, 0.25) is 0 Å². The first-order chi connectivity index (χ1) is 8.92. The van der Waals surface area contributed by atoms with Crippen molar-refractivity contribution in [2.24, 2.45) is 0 Å². The number of hydrogen-bond donors (Lipinski definition) is 1. The summed E-state index contributed by atoms with van der Waals surface area (Å²) in [4.78, 5) is 0. The summed E-state index contributed by atoms with van der Waals surface area (Å²) >= 11 is 0. The van der Waals surface area contributed by atoms with Gasteiger partial charge in [0.25, 0.3) is 0 Å². The summed E-state index contributed by atoms with van der Waals surface area (Å²) in [6, 6.07) is 14.6. The maximum Gasteiger partial charge on any atom is 0.160 e. The second kappa shape index (κ2) is 3.57. The van der Waals surface area contributed by atoms with Crippen LogP contribution in [0.25, 0.3) is 5.65 Å². The second-order valence-electron chi connectivity index (χ2n) is 4.55. The van der Waals surface area contributed by atoms with Crippen LogP contribution in [0.2, 0.25) is 0 Å². The lowest BCUT2D eigenvalue weighted by Gasteiger charge is -2.08. The van der Waals surface area contributed by atoms with Crippen LogP contribution < -0.4 is 5.32 Å². The quantitative estimate of drug-likeness (QED) is 0.705. The van der Waals surface area contributed by atoms with Crippen molar-refractivity contribution in [1.29, 1.82) is 0 Å². The molecular weight excluding hydrogens is 224 g/mol. The Balaban J connectivity index is 1.78. The maximum atomic E-state index is 4.31. The first-order valence-electron chi connectivity index (χ1n) is 6.06. The van der Waals surface area contributed by atoms with Crippen LogP contribution in [-0.2, 0) is 6.42 Å². The van der Waals surface area contributed by atoms with Gasteiger partial charge in [0.05, 0.1) is 6.04 Å². The molecule has 1 unspecified atom stereocenters. The van der Waals surface area contributed by atoms with Crippen LogP contribution in [0.5, 0.6) is 0 Å². The van der Waals surface area contributed by atoms with Gasteiger partial charge in [-0.25, -0.2) is 0 Å². The van der Waals surface area contributed by atoms with Gasteiger partial charge in [0.1, 0.15) is 0 Å². The molecule has 0 saturated heterocycles. The molecule has 3 aromatic rings. The average Bonchev–Trinajstić information content (AvgIpc) is 3.02. The van der Waals surface area contributed by atoms with E-state index in [0.717, 1.165) is 17.9 Å². The van der Waals surface area contributed by atoms with Crippen molar-refractivity contribution < 1.29 is 0 Å². The number of rotatable bonds is 1. The number of nitrogens with one attached hydrogen (secondary N) is 1. The Morgan fingerprint density at radius 3 is 2.89 bits per heavy atom. The predicted molar refractivity (Wildman–Crippen MR) is 69.5 cm³/mol. The highest BCUT2D eigenvalue weighted by molar-refractivity contribution is 5.57. The Morgan fingerprint density at radius 2 is 1.94 bits per heavy atom. The highest BCUT2D eigenvalue weighted by atomic mass is 15.3. The topological polar surface area (TPSA) is 42.2 Å². The molecule has 0 bridgehead atoms. The third kappa shape index (κ3) is 1.32. The van der Waals surface area contributed by atoms with Gasteiger partial charge in [-0.2, -0.15) is 0 Å². The van der Waals surface area contributed by atoms with Crippen molar-refractivity contribution in [1.82, 2.24) is 14.6 Å². The molecule has 1 atom stereocenters. The number of hydrogen-bond acceptors (Lipinski definition) is 3. The van der Waals surface area contributed by atoms with E-state index in [4.69, 9.17) is 0 Å². The third-order valence-corrected chi connectivity index (χ3v) is 3.42. The number of pyridine rings is 1. The van der Waals surface area contributed by atoms with Crippen molar-refractivity contribution in [3.8, 4) is 0 Å². The van der Waals surface area contributed by atoms with Crippen LogP contribution in [0.15, 0.2) is 48.7 Å². The van der Waals surface area contributed by atoms with E-state index in [-0.39, 0.29) is 6.04 Å². The fourth-order valence-electron chi connectivity index (χ4n) is 2.55. The molecule has 18 heavy (non-hydrogen) atoms. The predicted octanol–water partition coefficient (Wildman–Crippen LogP) is 2.44. The molecule has 88 valence electrons. The minimum atomic E-state index is 0.208. The van der Waals surface area contributed by atoms with E-state index in [1.54, 1.807) is 0 Å². The highest BCUT2D eigenvalue weighted by Crippen LogP contribution is 2.32. The van der Waals surface area contributed by atoms with Crippen LogP contribution in [0.3, 0.4) is 0 Å².